The predicted molar refractivity (Wildman–Crippen MR) is 66.7 cm³/mol. The highest BCUT2D eigenvalue weighted by Gasteiger charge is 2.17. The molecular weight excluding hydrogens is 226 g/mol. The molecule has 0 atom stereocenters. The van der Waals surface area contributed by atoms with E-state index in [1.807, 2.05) is 13.8 Å². The third-order valence-corrected chi connectivity index (χ3v) is 2.32. The Balaban J connectivity index is 2.55. The molecule has 1 rings (SSSR count). The van der Waals surface area contributed by atoms with Crippen LogP contribution in [0.5, 0.6) is 0 Å². The summed E-state index contributed by atoms with van der Waals surface area (Å²) < 4.78 is 0. The van der Waals surface area contributed by atoms with E-state index in [1.54, 1.807) is 24.3 Å². The zero-order valence-electron chi connectivity index (χ0n) is 9.38. The Hall–Kier alpha value is -1.26. The molecular formula is C11H16ClN3O. The Morgan fingerprint density at radius 1 is 1.38 bits per heavy atom. The van der Waals surface area contributed by atoms with E-state index in [0.29, 0.717) is 17.3 Å². The van der Waals surface area contributed by atoms with Gasteiger partial charge in [0.25, 0.3) is 0 Å². The molecule has 4 nitrogen and oxygen atoms in total. The van der Waals surface area contributed by atoms with Gasteiger partial charge >= 0.3 is 6.03 Å². The Morgan fingerprint density at radius 2 is 1.94 bits per heavy atom. The summed E-state index contributed by atoms with van der Waals surface area (Å²) in [7, 11) is 0. The highest BCUT2D eigenvalue weighted by Crippen LogP contribution is 2.13. The van der Waals surface area contributed by atoms with Crippen LogP contribution in [0.15, 0.2) is 24.3 Å². The van der Waals surface area contributed by atoms with Crippen LogP contribution in [0.4, 0.5) is 10.5 Å². The molecule has 0 aliphatic carbocycles. The lowest BCUT2D eigenvalue weighted by Gasteiger charge is -2.24. The maximum Gasteiger partial charge on any atom is 0.319 e. The second-order valence-electron chi connectivity index (χ2n) is 4.17. The van der Waals surface area contributed by atoms with Crippen molar-refractivity contribution in [2.75, 3.05) is 11.9 Å². The number of carbonyl (C=O) groups is 1. The largest absolute Gasteiger partial charge is 0.332 e. The molecule has 0 fully saturated rings. The van der Waals surface area contributed by atoms with E-state index in [-0.39, 0.29) is 6.03 Å². The lowest BCUT2D eigenvalue weighted by Crippen LogP contribution is -2.50. The summed E-state index contributed by atoms with van der Waals surface area (Å²) in [6.07, 6.45) is 0. The van der Waals surface area contributed by atoms with Crippen molar-refractivity contribution in [3.8, 4) is 0 Å². The first-order chi connectivity index (χ1) is 7.43. The van der Waals surface area contributed by atoms with Crippen molar-refractivity contribution in [1.82, 2.24) is 5.32 Å². The van der Waals surface area contributed by atoms with E-state index in [0.717, 1.165) is 0 Å². The van der Waals surface area contributed by atoms with Crippen LogP contribution >= 0.6 is 11.6 Å². The van der Waals surface area contributed by atoms with Crippen molar-refractivity contribution in [3.05, 3.63) is 29.3 Å². The minimum Gasteiger partial charge on any atom is -0.332 e. The van der Waals surface area contributed by atoms with Gasteiger partial charge in [0.2, 0.25) is 0 Å². The van der Waals surface area contributed by atoms with Gasteiger partial charge in [0.15, 0.2) is 0 Å². The van der Waals surface area contributed by atoms with Gasteiger partial charge < -0.3 is 16.4 Å². The predicted octanol–water partition coefficient (Wildman–Crippen LogP) is 2.20. The molecule has 0 spiro atoms. The number of hydrogen-bond acceptors (Lipinski definition) is 2. The van der Waals surface area contributed by atoms with E-state index in [1.165, 1.54) is 0 Å². The van der Waals surface area contributed by atoms with E-state index < -0.39 is 5.54 Å². The smallest absolute Gasteiger partial charge is 0.319 e. The van der Waals surface area contributed by atoms with Crippen LogP contribution in [-0.2, 0) is 0 Å². The maximum atomic E-state index is 11.6. The highest BCUT2D eigenvalue weighted by atomic mass is 35.5. The molecule has 0 heterocycles. The molecule has 1 aromatic rings. The summed E-state index contributed by atoms with van der Waals surface area (Å²) in [5.74, 6) is 0. The van der Waals surface area contributed by atoms with E-state index in [9.17, 15) is 4.79 Å². The van der Waals surface area contributed by atoms with Crippen molar-refractivity contribution in [2.45, 2.75) is 19.4 Å². The summed E-state index contributed by atoms with van der Waals surface area (Å²) in [5.41, 5.74) is 5.78. The summed E-state index contributed by atoms with van der Waals surface area (Å²) in [4.78, 5) is 11.6. The number of rotatable bonds is 3. The summed E-state index contributed by atoms with van der Waals surface area (Å²) in [6.45, 7) is 4.09. The average molecular weight is 242 g/mol. The van der Waals surface area contributed by atoms with Gasteiger partial charge in [-0.05, 0) is 38.1 Å². The fourth-order valence-corrected chi connectivity index (χ4v) is 1.18. The summed E-state index contributed by atoms with van der Waals surface area (Å²) in [6, 6.07) is 6.61. The highest BCUT2D eigenvalue weighted by molar-refractivity contribution is 6.30. The van der Waals surface area contributed by atoms with Crippen molar-refractivity contribution in [3.63, 3.8) is 0 Å². The number of nitrogens with two attached hydrogens (primary N) is 1. The fraction of sp³-hybridized carbons (Fsp3) is 0.364. The first-order valence-corrected chi connectivity index (χ1v) is 5.35. The first-order valence-electron chi connectivity index (χ1n) is 4.98. The summed E-state index contributed by atoms with van der Waals surface area (Å²) >= 11 is 5.73. The number of anilines is 1. The number of nitrogens with one attached hydrogen (secondary N) is 2. The van der Waals surface area contributed by atoms with Gasteiger partial charge in [0, 0.05) is 22.8 Å². The van der Waals surface area contributed by atoms with Gasteiger partial charge in [0.1, 0.15) is 0 Å². The molecule has 1 aromatic carbocycles. The molecule has 0 bridgehead atoms. The fourth-order valence-electron chi connectivity index (χ4n) is 1.05. The minimum atomic E-state index is -0.420. The third kappa shape index (κ3) is 4.08. The average Bonchev–Trinajstić information content (AvgIpc) is 2.21. The van der Waals surface area contributed by atoms with Crippen LogP contribution in [0.3, 0.4) is 0 Å². The van der Waals surface area contributed by atoms with Gasteiger partial charge in [-0.15, -0.1) is 0 Å². The first kappa shape index (κ1) is 12.8. The van der Waals surface area contributed by atoms with Crippen LogP contribution < -0.4 is 16.4 Å². The molecule has 0 radical (unpaired) electrons. The molecule has 0 saturated heterocycles. The SMILES string of the molecule is CC(C)(CN)NC(=O)Nc1ccc(Cl)cc1. The van der Waals surface area contributed by atoms with Crippen molar-refractivity contribution in [2.24, 2.45) is 5.73 Å². The molecule has 0 unspecified atom stereocenters. The maximum absolute atomic E-state index is 11.6. The molecule has 0 aliphatic rings. The van der Waals surface area contributed by atoms with Gasteiger partial charge in [-0.1, -0.05) is 11.6 Å². The topological polar surface area (TPSA) is 67.1 Å². The third-order valence-electron chi connectivity index (χ3n) is 2.06. The van der Waals surface area contributed by atoms with Gasteiger partial charge in [-0.25, -0.2) is 4.79 Å². The normalized spacial score (nSPS) is 11.0. The Labute approximate surface area is 100 Å². The monoisotopic (exact) mass is 241 g/mol. The van der Waals surface area contributed by atoms with Gasteiger partial charge in [0.05, 0.1) is 0 Å². The van der Waals surface area contributed by atoms with Gasteiger partial charge in [-0.3, -0.25) is 0 Å². The van der Waals surface area contributed by atoms with Crippen molar-refractivity contribution < 1.29 is 4.79 Å². The van der Waals surface area contributed by atoms with E-state index in [4.69, 9.17) is 17.3 Å². The zero-order valence-corrected chi connectivity index (χ0v) is 10.1. The van der Waals surface area contributed by atoms with Crippen LogP contribution in [0.25, 0.3) is 0 Å². The minimum absolute atomic E-state index is 0.280. The van der Waals surface area contributed by atoms with Gasteiger partial charge in [-0.2, -0.15) is 0 Å². The number of amides is 2. The molecule has 0 aromatic heterocycles. The molecule has 0 aliphatic heterocycles. The van der Waals surface area contributed by atoms with Crippen LogP contribution in [0.2, 0.25) is 5.02 Å². The molecule has 2 amide bonds. The molecule has 5 heteroatoms. The molecule has 0 saturated carbocycles. The van der Waals surface area contributed by atoms with Crippen molar-refractivity contribution >= 4 is 23.3 Å². The van der Waals surface area contributed by atoms with Crippen molar-refractivity contribution in [1.29, 1.82) is 0 Å². The van der Waals surface area contributed by atoms with Crippen LogP contribution in [0.1, 0.15) is 13.8 Å². The zero-order chi connectivity index (χ0) is 12.2. The number of halogens is 1. The Morgan fingerprint density at radius 3 is 2.44 bits per heavy atom. The quantitative estimate of drug-likeness (QED) is 0.760. The number of urea groups is 1. The molecule has 16 heavy (non-hydrogen) atoms. The summed E-state index contributed by atoms with van der Waals surface area (Å²) in [5, 5.41) is 6.09. The van der Waals surface area contributed by atoms with E-state index in [2.05, 4.69) is 10.6 Å². The lowest BCUT2D eigenvalue weighted by atomic mass is 10.1. The van der Waals surface area contributed by atoms with E-state index >= 15 is 0 Å². The Kier molecular flexibility index (Phi) is 4.15. The number of hydrogen-bond donors (Lipinski definition) is 3. The molecule has 4 N–H and O–H groups in total. The number of carbonyl (C=O) groups excluding carboxylic acids is 1. The van der Waals surface area contributed by atoms with Crippen LogP contribution in [-0.4, -0.2) is 18.1 Å². The second kappa shape index (κ2) is 5.18. The number of benzene rings is 1. The van der Waals surface area contributed by atoms with Crippen LogP contribution in [0, 0.1) is 0 Å². The molecule has 88 valence electrons. The standard InChI is InChI=1S/C11H16ClN3O/c1-11(2,7-13)15-10(16)14-9-5-3-8(12)4-6-9/h3-6H,7,13H2,1-2H3,(H2,14,15,16). The Bertz CT molecular complexity index is 362. The lowest BCUT2D eigenvalue weighted by molar-refractivity contribution is 0.242. The second-order valence-corrected chi connectivity index (χ2v) is 4.61.